The summed E-state index contributed by atoms with van der Waals surface area (Å²) in [6, 6.07) is 70.1. The van der Waals surface area contributed by atoms with Gasteiger partial charge in [0, 0.05) is 27.5 Å². The van der Waals surface area contributed by atoms with Crippen molar-refractivity contribution < 1.29 is 0 Å². The molecule has 0 saturated carbocycles. The van der Waals surface area contributed by atoms with Gasteiger partial charge in [0.1, 0.15) is 0 Å². The molecule has 9 aromatic carbocycles. The van der Waals surface area contributed by atoms with E-state index in [0.29, 0.717) is 5.82 Å². The predicted octanol–water partition coefficient (Wildman–Crippen LogP) is 14.6. The Hall–Kier alpha value is -7.16. The predicted molar refractivity (Wildman–Crippen MR) is 239 cm³/mol. The van der Waals surface area contributed by atoms with Gasteiger partial charge in [-0.25, -0.2) is 9.97 Å². The van der Waals surface area contributed by atoms with Crippen molar-refractivity contribution in [3.05, 3.63) is 205 Å². The van der Waals surface area contributed by atoms with Gasteiger partial charge >= 0.3 is 0 Å². The molecule has 10 aromatic rings. The van der Waals surface area contributed by atoms with Crippen LogP contribution in [0.2, 0.25) is 0 Å². The lowest BCUT2D eigenvalue weighted by atomic mass is 9.81. The third-order valence-corrected chi connectivity index (χ3v) is 12.1. The van der Waals surface area contributed by atoms with Gasteiger partial charge in [0.05, 0.1) is 11.4 Å². The fourth-order valence-electron chi connectivity index (χ4n) is 9.39. The second-order valence-electron chi connectivity index (χ2n) is 15.7. The molecule has 0 bridgehead atoms. The van der Waals surface area contributed by atoms with E-state index in [1.807, 2.05) is 6.07 Å². The molecule has 0 atom stereocenters. The summed E-state index contributed by atoms with van der Waals surface area (Å²) in [5.74, 6) is 0.702. The highest BCUT2D eigenvalue weighted by Crippen LogP contribution is 2.51. The van der Waals surface area contributed by atoms with Crippen molar-refractivity contribution in [3.63, 3.8) is 0 Å². The van der Waals surface area contributed by atoms with Gasteiger partial charge in [0.15, 0.2) is 5.82 Å². The number of fused-ring (bicyclic) bond motifs is 7. The SMILES string of the molecule is CC1(C)c2ccccc2-c2ccc(-c3ccccc3-c3cc(-c4c5ccccc5c(-c5ccccc5)c5ccc6ccccc6c45)nc(-c4ccccc4)n3)cc21. The molecule has 1 aromatic heterocycles. The molecule has 0 N–H and O–H groups in total. The smallest absolute Gasteiger partial charge is 0.160 e. The normalized spacial score (nSPS) is 12.9. The largest absolute Gasteiger partial charge is 0.228 e. The highest BCUT2D eigenvalue weighted by atomic mass is 14.9. The van der Waals surface area contributed by atoms with Gasteiger partial charge < -0.3 is 0 Å². The van der Waals surface area contributed by atoms with E-state index in [9.17, 15) is 0 Å². The lowest BCUT2D eigenvalue weighted by molar-refractivity contribution is 0.660. The molecule has 0 amide bonds. The van der Waals surface area contributed by atoms with Crippen LogP contribution in [0.5, 0.6) is 0 Å². The summed E-state index contributed by atoms with van der Waals surface area (Å²) in [5, 5.41) is 7.17. The number of rotatable bonds is 5. The monoisotopic (exact) mass is 726 g/mol. The highest BCUT2D eigenvalue weighted by molar-refractivity contribution is 6.27. The Balaban J connectivity index is 1.21. The summed E-state index contributed by atoms with van der Waals surface area (Å²) in [4.78, 5) is 10.9. The van der Waals surface area contributed by atoms with E-state index in [0.717, 1.165) is 39.0 Å². The minimum Gasteiger partial charge on any atom is -0.228 e. The van der Waals surface area contributed by atoms with E-state index in [4.69, 9.17) is 9.97 Å². The van der Waals surface area contributed by atoms with E-state index in [1.54, 1.807) is 0 Å². The number of benzene rings is 9. The maximum atomic E-state index is 5.49. The molecule has 0 aliphatic heterocycles. The molecule has 57 heavy (non-hydrogen) atoms. The van der Waals surface area contributed by atoms with Crippen LogP contribution in [-0.2, 0) is 5.41 Å². The van der Waals surface area contributed by atoms with Crippen LogP contribution in [0.25, 0.3) is 99.6 Å². The van der Waals surface area contributed by atoms with Crippen LogP contribution in [0.4, 0.5) is 0 Å². The first-order valence-corrected chi connectivity index (χ1v) is 19.8. The molecule has 1 aliphatic rings. The first kappa shape index (κ1) is 33.2. The molecular weight excluding hydrogens is 689 g/mol. The van der Waals surface area contributed by atoms with Crippen LogP contribution in [0, 0.1) is 0 Å². The van der Waals surface area contributed by atoms with Gasteiger partial charge in [-0.05, 0) is 83.6 Å². The molecule has 2 nitrogen and oxygen atoms in total. The maximum Gasteiger partial charge on any atom is 0.160 e. The van der Waals surface area contributed by atoms with Crippen LogP contribution in [0.15, 0.2) is 194 Å². The van der Waals surface area contributed by atoms with Crippen molar-refractivity contribution >= 4 is 32.3 Å². The summed E-state index contributed by atoms with van der Waals surface area (Å²) in [6.07, 6.45) is 0. The van der Waals surface area contributed by atoms with Crippen LogP contribution < -0.4 is 0 Å². The quantitative estimate of drug-likeness (QED) is 0.130. The Kier molecular flexibility index (Phi) is 7.55. The topological polar surface area (TPSA) is 25.8 Å². The molecule has 2 heteroatoms. The third-order valence-electron chi connectivity index (χ3n) is 12.1. The van der Waals surface area contributed by atoms with Crippen molar-refractivity contribution in [2.24, 2.45) is 0 Å². The van der Waals surface area contributed by atoms with Gasteiger partial charge in [-0.3, -0.25) is 0 Å². The second kappa shape index (κ2) is 13.0. The zero-order valence-electron chi connectivity index (χ0n) is 31.9. The number of hydrogen-bond acceptors (Lipinski definition) is 2. The van der Waals surface area contributed by atoms with E-state index in [-0.39, 0.29) is 5.41 Å². The molecule has 0 spiro atoms. The fraction of sp³-hybridized carbons (Fsp3) is 0.0545. The summed E-state index contributed by atoms with van der Waals surface area (Å²) < 4.78 is 0. The minimum absolute atomic E-state index is 0.101. The molecule has 0 unspecified atom stereocenters. The molecule has 0 radical (unpaired) electrons. The van der Waals surface area contributed by atoms with Crippen LogP contribution in [0.1, 0.15) is 25.0 Å². The average molecular weight is 727 g/mol. The van der Waals surface area contributed by atoms with Crippen LogP contribution in [0.3, 0.4) is 0 Å². The summed E-state index contributed by atoms with van der Waals surface area (Å²) in [6.45, 7) is 4.69. The lowest BCUT2D eigenvalue weighted by Crippen LogP contribution is -2.14. The van der Waals surface area contributed by atoms with Gasteiger partial charge in [0.25, 0.3) is 0 Å². The summed E-state index contributed by atoms with van der Waals surface area (Å²) in [7, 11) is 0. The molecule has 11 rings (SSSR count). The molecule has 1 heterocycles. The summed E-state index contributed by atoms with van der Waals surface area (Å²) in [5.41, 5.74) is 15.0. The Morgan fingerprint density at radius 2 is 0.930 bits per heavy atom. The molecule has 1 aliphatic carbocycles. The van der Waals surface area contributed by atoms with Crippen molar-refractivity contribution in [1.82, 2.24) is 9.97 Å². The van der Waals surface area contributed by atoms with E-state index < -0.39 is 0 Å². The highest BCUT2D eigenvalue weighted by Gasteiger charge is 2.35. The number of nitrogens with zero attached hydrogens (tertiary/aromatic N) is 2. The second-order valence-corrected chi connectivity index (χ2v) is 15.7. The van der Waals surface area contributed by atoms with Crippen molar-refractivity contribution in [2.45, 2.75) is 19.3 Å². The Morgan fingerprint density at radius 1 is 0.351 bits per heavy atom. The Morgan fingerprint density at radius 3 is 1.70 bits per heavy atom. The zero-order chi connectivity index (χ0) is 38.1. The maximum absolute atomic E-state index is 5.49. The van der Waals surface area contributed by atoms with Gasteiger partial charge in [-0.2, -0.15) is 0 Å². The Labute approximate surface area is 332 Å². The molecule has 0 saturated heterocycles. The number of hydrogen-bond donors (Lipinski definition) is 0. The van der Waals surface area contributed by atoms with E-state index >= 15 is 0 Å². The van der Waals surface area contributed by atoms with Gasteiger partial charge in [-0.15, -0.1) is 0 Å². The van der Waals surface area contributed by atoms with Crippen molar-refractivity contribution in [1.29, 1.82) is 0 Å². The first-order chi connectivity index (χ1) is 28.0. The lowest BCUT2D eigenvalue weighted by Gasteiger charge is -2.22. The molecule has 0 fully saturated rings. The van der Waals surface area contributed by atoms with Crippen LogP contribution >= 0.6 is 0 Å². The third kappa shape index (κ3) is 5.25. The van der Waals surface area contributed by atoms with Crippen molar-refractivity contribution in [2.75, 3.05) is 0 Å². The zero-order valence-corrected chi connectivity index (χ0v) is 31.9. The number of aromatic nitrogens is 2. The van der Waals surface area contributed by atoms with Gasteiger partial charge in [0.2, 0.25) is 0 Å². The Bertz CT molecular complexity index is 3200. The molecule has 268 valence electrons. The van der Waals surface area contributed by atoms with Gasteiger partial charge in [-0.1, -0.05) is 196 Å². The van der Waals surface area contributed by atoms with E-state index in [2.05, 4.69) is 202 Å². The summed E-state index contributed by atoms with van der Waals surface area (Å²) >= 11 is 0. The minimum atomic E-state index is -0.101. The average Bonchev–Trinajstić information content (AvgIpc) is 3.51. The van der Waals surface area contributed by atoms with E-state index in [1.165, 1.54) is 65.9 Å². The molecular formula is C55H38N2. The first-order valence-electron chi connectivity index (χ1n) is 19.8. The fourth-order valence-corrected chi connectivity index (χ4v) is 9.39. The van der Waals surface area contributed by atoms with Crippen molar-refractivity contribution in [3.8, 4) is 67.3 Å². The van der Waals surface area contributed by atoms with Crippen LogP contribution in [-0.4, -0.2) is 9.97 Å². The standard InChI is InChI=1S/C55H38N2/c1-55(2)47-28-16-15-24-41(47)42-31-30-38(33-48(42)55)39-22-11-12-25-43(39)49-34-50(57-54(56-49)37-20-7-4-8-21-37)53-45-27-14-13-26-44(45)51(36-18-5-3-6-19-36)46-32-29-35-17-9-10-23-40(35)52(46)53/h3-34H,1-2H3.